The molecule has 0 bridgehead atoms. The van der Waals surface area contributed by atoms with E-state index in [4.69, 9.17) is 0 Å². The van der Waals surface area contributed by atoms with E-state index in [0.717, 1.165) is 11.3 Å². The number of hydrogen-bond acceptors (Lipinski definition) is 3. The minimum Gasteiger partial charge on any atom is -0.364 e. The Hall–Kier alpha value is -2.29. The Labute approximate surface area is 151 Å². The third-order valence-electron chi connectivity index (χ3n) is 5.00. The van der Waals surface area contributed by atoms with Crippen LogP contribution in [0.3, 0.4) is 0 Å². The number of hydrogen-bond donors (Lipinski definition) is 1. The summed E-state index contributed by atoms with van der Waals surface area (Å²) in [7, 11) is 0. The molecule has 25 heavy (non-hydrogen) atoms. The summed E-state index contributed by atoms with van der Waals surface area (Å²) in [6, 6.07) is 17.2. The summed E-state index contributed by atoms with van der Waals surface area (Å²) in [6.45, 7) is 11.6. The van der Waals surface area contributed by atoms with Gasteiger partial charge in [-0.3, -0.25) is 5.43 Å². The van der Waals surface area contributed by atoms with E-state index in [0.29, 0.717) is 12.0 Å². The zero-order chi connectivity index (χ0) is 18.0. The van der Waals surface area contributed by atoms with Gasteiger partial charge in [0.1, 0.15) is 0 Å². The van der Waals surface area contributed by atoms with Gasteiger partial charge in [0.25, 0.3) is 0 Å². The van der Waals surface area contributed by atoms with Crippen LogP contribution in [0.25, 0.3) is 0 Å². The van der Waals surface area contributed by atoms with Crippen LogP contribution in [0.5, 0.6) is 0 Å². The maximum Gasteiger partial charge on any atom is 0.0561 e. The Kier molecular flexibility index (Phi) is 4.85. The second kappa shape index (κ2) is 6.91. The number of rotatable bonds is 4. The first kappa shape index (κ1) is 17.5. The molecular formula is C22H29N3. The number of anilines is 2. The maximum absolute atomic E-state index is 4.38. The summed E-state index contributed by atoms with van der Waals surface area (Å²) in [4.78, 5) is 2.56. The van der Waals surface area contributed by atoms with Gasteiger partial charge in [-0.1, -0.05) is 31.2 Å². The Bertz CT molecular complexity index is 747. The Morgan fingerprint density at radius 2 is 1.88 bits per heavy atom. The van der Waals surface area contributed by atoms with Crippen LogP contribution < -0.4 is 10.3 Å². The van der Waals surface area contributed by atoms with Crippen molar-refractivity contribution in [3.63, 3.8) is 0 Å². The third-order valence-corrected chi connectivity index (χ3v) is 5.00. The molecule has 0 amide bonds. The standard InChI is InChI=1S/C22H29N3/c1-16(2)25-21-12-11-18(13-20(21)17(3)14-22(25,4)5)15-23-24-19-9-7-6-8-10-19/h6-13,15-17,24H,14H2,1-5H3/b23-15+. The molecule has 2 aromatic rings. The average Bonchev–Trinajstić information content (AvgIpc) is 2.55. The van der Waals surface area contributed by atoms with Gasteiger partial charge in [-0.2, -0.15) is 5.10 Å². The summed E-state index contributed by atoms with van der Waals surface area (Å²) >= 11 is 0. The Balaban J connectivity index is 1.85. The molecule has 1 heterocycles. The normalized spacial score (nSPS) is 19.3. The number of fused-ring (bicyclic) bond motifs is 1. The van der Waals surface area contributed by atoms with E-state index >= 15 is 0 Å². The Morgan fingerprint density at radius 3 is 2.56 bits per heavy atom. The van der Waals surface area contributed by atoms with Crippen LogP contribution in [0.4, 0.5) is 11.4 Å². The number of nitrogens with one attached hydrogen (secondary N) is 1. The van der Waals surface area contributed by atoms with Gasteiger partial charge >= 0.3 is 0 Å². The number of para-hydroxylation sites is 1. The fourth-order valence-electron chi connectivity index (χ4n) is 4.22. The molecule has 0 saturated carbocycles. The molecule has 0 aliphatic carbocycles. The molecule has 0 spiro atoms. The van der Waals surface area contributed by atoms with Crippen molar-refractivity contribution < 1.29 is 0 Å². The highest BCUT2D eigenvalue weighted by Crippen LogP contribution is 2.44. The topological polar surface area (TPSA) is 27.6 Å². The molecule has 0 saturated heterocycles. The van der Waals surface area contributed by atoms with E-state index in [1.807, 2.05) is 36.5 Å². The second-order valence-corrected chi connectivity index (χ2v) is 7.94. The summed E-state index contributed by atoms with van der Waals surface area (Å²) in [5, 5.41) is 4.38. The van der Waals surface area contributed by atoms with Crippen LogP contribution in [0.1, 0.15) is 58.1 Å². The number of nitrogens with zero attached hydrogens (tertiary/aromatic N) is 2. The molecule has 1 aliphatic heterocycles. The lowest BCUT2D eigenvalue weighted by Gasteiger charge is -2.50. The first-order valence-electron chi connectivity index (χ1n) is 9.16. The van der Waals surface area contributed by atoms with E-state index in [1.165, 1.54) is 17.7 Å². The van der Waals surface area contributed by atoms with E-state index in [1.54, 1.807) is 0 Å². The van der Waals surface area contributed by atoms with E-state index < -0.39 is 0 Å². The maximum atomic E-state index is 4.38. The zero-order valence-corrected chi connectivity index (χ0v) is 16.0. The van der Waals surface area contributed by atoms with Gasteiger partial charge in [0.2, 0.25) is 0 Å². The molecule has 3 heteroatoms. The molecular weight excluding hydrogens is 306 g/mol. The third kappa shape index (κ3) is 3.71. The SMILES string of the molecule is CC1CC(C)(C)N(C(C)C)c2ccc(/C=N/Nc3ccccc3)cc21. The molecule has 1 unspecified atom stereocenters. The summed E-state index contributed by atoms with van der Waals surface area (Å²) in [5.74, 6) is 0.551. The summed E-state index contributed by atoms with van der Waals surface area (Å²) in [5.41, 5.74) is 8.20. The lowest BCUT2D eigenvalue weighted by molar-refractivity contribution is 0.356. The van der Waals surface area contributed by atoms with Gasteiger partial charge in [0, 0.05) is 17.3 Å². The highest BCUT2D eigenvalue weighted by Gasteiger charge is 2.37. The van der Waals surface area contributed by atoms with Crippen LogP contribution in [0.2, 0.25) is 0 Å². The molecule has 1 aliphatic rings. The highest BCUT2D eigenvalue weighted by atomic mass is 15.3. The van der Waals surface area contributed by atoms with Gasteiger partial charge in [0.05, 0.1) is 11.9 Å². The van der Waals surface area contributed by atoms with Crippen molar-refractivity contribution in [3.05, 3.63) is 59.7 Å². The van der Waals surface area contributed by atoms with Crippen molar-refractivity contribution >= 4 is 17.6 Å². The quantitative estimate of drug-likeness (QED) is 0.579. The predicted octanol–water partition coefficient (Wildman–Crippen LogP) is 5.63. The van der Waals surface area contributed by atoms with E-state index in [-0.39, 0.29) is 5.54 Å². The molecule has 3 rings (SSSR count). The average molecular weight is 335 g/mol. The lowest BCUT2D eigenvalue weighted by atomic mass is 9.79. The smallest absolute Gasteiger partial charge is 0.0561 e. The van der Waals surface area contributed by atoms with Crippen LogP contribution in [0.15, 0.2) is 53.6 Å². The molecule has 1 N–H and O–H groups in total. The van der Waals surface area contributed by atoms with Crippen molar-refractivity contribution in [2.24, 2.45) is 5.10 Å². The fraction of sp³-hybridized carbons (Fsp3) is 0.409. The van der Waals surface area contributed by atoms with Crippen LogP contribution >= 0.6 is 0 Å². The monoisotopic (exact) mass is 335 g/mol. The van der Waals surface area contributed by atoms with Crippen molar-refractivity contribution in [2.75, 3.05) is 10.3 Å². The molecule has 2 aromatic carbocycles. The Morgan fingerprint density at radius 1 is 1.16 bits per heavy atom. The van der Waals surface area contributed by atoms with Crippen LogP contribution in [-0.4, -0.2) is 17.8 Å². The van der Waals surface area contributed by atoms with Crippen molar-refractivity contribution in [3.8, 4) is 0 Å². The first-order valence-corrected chi connectivity index (χ1v) is 9.16. The molecule has 1 atom stereocenters. The van der Waals surface area contributed by atoms with Gasteiger partial charge in [-0.25, -0.2) is 0 Å². The van der Waals surface area contributed by atoms with Crippen LogP contribution in [0, 0.1) is 0 Å². The molecule has 0 radical (unpaired) electrons. The van der Waals surface area contributed by atoms with Crippen molar-refractivity contribution in [1.29, 1.82) is 0 Å². The molecule has 0 aromatic heterocycles. The van der Waals surface area contributed by atoms with Crippen molar-refractivity contribution in [1.82, 2.24) is 0 Å². The highest BCUT2D eigenvalue weighted by molar-refractivity contribution is 5.82. The minimum atomic E-state index is 0.186. The van der Waals surface area contributed by atoms with Crippen LogP contribution in [-0.2, 0) is 0 Å². The first-order chi connectivity index (χ1) is 11.9. The second-order valence-electron chi connectivity index (χ2n) is 7.94. The number of hydrazone groups is 1. The number of benzene rings is 2. The largest absolute Gasteiger partial charge is 0.364 e. The summed E-state index contributed by atoms with van der Waals surface area (Å²) < 4.78 is 0. The molecule has 132 valence electrons. The van der Waals surface area contributed by atoms with Gasteiger partial charge in [-0.15, -0.1) is 0 Å². The van der Waals surface area contributed by atoms with Gasteiger partial charge in [0.15, 0.2) is 0 Å². The molecule has 3 nitrogen and oxygen atoms in total. The summed E-state index contributed by atoms with van der Waals surface area (Å²) in [6.07, 6.45) is 3.07. The van der Waals surface area contributed by atoms with Gasteiger partial charge < -0.3 is 4.90 Å². The minimum absolute atomic E-state index is 0.186. The van der Waals surface area contributed by atoms with E-state index in [9.17, 15) is 0 Å². The van der Waals surface area contributed by atoms with E-state index in [2.05, 4.69) is 68.2 Å². The van der Waals surface area contributed by atoms with Crippen molar-refractivity contribution in [2.45, 2.75) is 58.5 Å². The lowest BCUT2D eigenvalue weighted by Crippen LogP contribution is -2.51. The fourth-order valence-corrected chi connectivity index (χ4v) is 4.22. The van der Waals surface area contributed by atoms with Gasteiger partial charge in [-0.05, 0) is 75.4 Å². The predicted molar refractivity (Wildman–Crippen MR) is 109 cm³/mol. The molecule has 0 fully saturated rings. The zero-order valence-electron chi connectivity index (χ0n) is 16.0.